The fourth-order valence-corrected chi connectivity index (χ4v) is 2.49. The Hall–Kier alpha value is -2.95. The van der Waals surface area contributed by atoms with Crippen molar-refractivity contribution in [3.8, 4) is 17.4 Å². The minimum absolute atomic E-state index is 0.135. The van der Waals surface area contributed by atoms with Crippen LogP contribution in [0.2, 0.25) is 0 Å². The average Bonchev–Trinajstić information content (AvgIpc) is 2.89. The Morgan fingerprint density at radius 3 is 2.62 bits per heavy atom. The molecule has 0 bridgehead atoms. The molecule has 1 heterocycles. The number of rotatable bonds is 6. The summed E-state index contributed by atoms with van der Waals surface area (Å²) in [4.78, 5) is 7.31. The fraction of sp³-hybridized carbons (Fsp3) is 0.211. The summed E-state index contributed by atoms with van der Waals surface area (Å²) in [5.74, 6) is 1.71. The molecule has 0 aliphatic rings. The van der Waals surface area contributed by atoms with Crippen LogP contribution >= 0.6 is 0 Å². The second kappa shape index (κ2) is 7.08. The van der Waals surface area contributed by atoms with Gasteiger partial charge >= 0.3 is 0 Å². The molecule has 0 aliphatic heterocycles. The molecular formula is C19H20N2O3. The summed E-state index contributed by atoms with van der Waals surface area (Å²) in [7, 11) is 1.63. The summed E-state index contributed by atoms with van der Waals surface area (Å²) in [5.41, 5.74) is 2.75. The maximum absolute atomic E-state index is 10.0. The lowest BCUT2D eigenvalue weighted by Crippen LogP contribution is -2.01. The SMILES string of the molecule is COc1ccc(OCCN=Cc2c(O)[nH]c3cc(C)ccc23)cc1. The van der Waals surface area contributed by atoms with Crippen molar-refractivity contribution in [3.63, 3.8) is 0 Å². The Labute approximate surface area is 140 Å². The zero-order valence-electron chi connectivity index (χ0n) is 13.7. The lowest BCUT2D eigenvalue weighted by molar-refractivity contribution is 0.328. The first kappa shape index (κ1) is 15.9. The molecule has 0 fully saturated rings. The van der Waals surface area contributed by atoms with Gasteiger partial charge in [-0.05, 0) is 42.8 Å². The second-order valence-corrected chi connectivity index (χ2v) is 5.50. The van der Waals surface area contributed by atoms with Gasteiger partial charge in [-0.1, -0.05) is 12.1 Å². The number of hydrogen-bond acceptors (Lipinski definition) is 4. The Balaban J connectivity index is 1.59. The number of fused-ring (bicyclic) bond motifs is 1. The molecule has 0 aliphatic carbocycles. The Bertz CT molecular complexity index is 851. The van der Waals surface area contributed by atoms with Crippen LogP contribution in [0.4, 0.5) is 0 Å². The molecule has 0 spiro atoms. The summed E-state index contributed by atoms with van der Waals surface area (Å²) in [6.07, 6.45) is 1.68. The van der Waals surface area contributed by atoms with E-state index in [2.05, 4.69) is 9.98 Å². The molecular weight excluding hydrogens is 304 g/mol. The highest BCUT2D eigenvalue weighted by Gasteiger charge is 2.08. The van der Waals surface area contributed by atoms with Crippen molar-refractivity contribution in [2.45, 2.75) is 6.92 Å². The molecule has 3 aromatic rings. The number of aryl methyl sites for hydroxylation is 1. The van der Waals surface area contributed by atoms with Crippen LogP contribution in [0.25, 0.3) is 10.9 Å². The molecule has 5 nitrogen and oxygen atoms in total. The van der Waals surface area contributed by atoms with E-state index in [1.165, 1.54) is 0 Å². The molecule has 3 rings (SSSR count). The molecule has 0 unspecified atom stereocenters. The molecule has 0 radical (unpaired) electrons. The van der Waals surface area contributed by atoms with Crippen molar-refractivity contribution in [1.29, 1.82) is 0 Å². The fourth-order valence-electron chi connectivity index (χ4n) is 2.49. The molecule has 0 saturated carbocycles. The van der Waals surface area contributed by atoms with Crippen molar-refractivity contribution < 1.29 is 14.6 Å². The van der Waals surface area contributed by atoms with Crippen molar-refractivity contribution in [1.82, 2.24) is 4.98 Å². The standard InChI is InChI=1S/C19H20N2O3/c1-13-3-8-16-17(19(22)21-18(16)11-13)12-20-9-10-24-15-6-4-14(23-2)5-7-15/h3-8,11-12,21-22H,9-10H2,1-2H3. The number of aromatic nitrogens is 1. The third kappa shape index (κ3) is 3.51. The van der Waals surface area contributed by atoms with E-state index in [0.29, 0.717) is 18.7 Å². The van der Waals surface area contributed by atoms with Crippen LogP contribution in [0.15, 0.2) is 47.5 Å². The lowest BCUT2D eigenvalue weighted by atomic mass is 10.1. The van der Waals surface area contributed by atoms with E-state index in [0.717, 1.165) is 28.0 Å². The van der Waals surface area contributed by atoms with Gasteiger partial charge in [0.2, 0.25) is 0 Å². The predicted molar refractivity (Wildman–Crippen MR) is 95.7 cm³/mol. The van der Waals surface area contributed by atoms with E-state index in [1.807, 2.05) is 49.4 Å². The van der Waals surface area contributed by atoms with E-state index in [1.54, 1.807) is 13.3 Å². The maximum atomic E-state index is 10.0. The first-order chi connectivity index (χ1) is 11.7. The smallest absolute Gasteiger partial charge is 0.198 e. The van der Waals surface area contributed by atoms with Gasteiger partial charge in [0.25, 0.3) is 0 Å². The van der Waals surface area contributed by atoms with Crippen LogP contribution in [0.1, 0.15) is 11.1 Å². The van der Waals surface area contributed by atoms with Crippen LogP contribution in [0.5, 0.6) is 17.4 Å². The van der Waals surface area contributed by atoms with E-state index in [4.69, 9.17) is 9.47 Å². The summed E-state index contributed by atoms with van der Waals surface area (Å²) in [6.45, 7) is 2.98. The Morgan fingerprint density at radius 1 is 1.12 bits per heavy atom. The molecule has 2 N–H and O–H groups in total. The molecule has 24 heavy (non-hydrogen) atoms. The first-order valence-corrected chi connectivity index (χ1v) is 7.75. The van der Waals surface area contributed by atoms with Crippen LogP contribution in [-0.2, 0) is 0 Å². The number of H-pyrrole nitrogens is 1. The molecule has 1 aromatic heterocycles. The highest BCUT2D eigenvalue weighted by Crippen LogP contribution is 2.26. The van der Waals surface area contributed by atoms with Gasteiger partial charge in [0, 0.05) is 17.1 Å². The number of aliphatic imine (C=N–C) groups is 1. The normalized spacial score (nSPS) is 11.2. The number of methoxy groups -OCH3 is 1. The minimum Gasteiger partial charge on any atom is -0.497 e. The van der Waals surface area contributed by atoms with Crippen LogP contribution in [0, 0.1) is 6.92 Å². The van der Waals surface area contributed by atoms with Crippen LogP contribution in [0.3, 0.4) is 0 Å². The number of hydrogen-bond donors (Lipinski definition) is 2. The zero-order chi connectivity index (χ0) is 16.9. The largest absolute Gasteiger partial charge is 0.497 e. The summed E-state index contributed by atoms with van der Waals surface area (Å²) >= 11 is 0. The molecule has 2 aromatic carbocycles. The zero-order valence-corrected chi connectivity index (χ0v) is 13.7. The molecule has 0 atom stereocenters. The predicted octanol–water partition coefficient (Wildman–Crippen LogP) is 3.69. The van der Waals surface area contributed by atoms with Gasteiger partial charge < -0.3 is 19.6 Å². The average molecular weight is 324 g/mol. The second-order valence-electron chi connectivity index (χ2n) is 5.50. The topological polar surface area (TPSA) is 66.8 Å². The van der Waals surface area contributed by atoms with Crippen molar-refractivity contribution in [3.05, 3.63) is 53.6 Å². The van der Waals surface area contributed by atoms with Gasteiger partial charge in [-0.2, -0.15) is 0 Å². The van der Waals surface area contributed by atoms with Crippen molar-refractivity contribution in [2.24, 2.45) is 4.99 Å². The highest BCUT2D eigenvalue weighted by atomic mass is 16.5. The van der Waals surface area contributed by atoms with Gasteiger partial charge in [-0.3, -0.25) is 4.99 Å². The van der Waals surface area contributed by atoms with E-state index >= 15 is 0 Å². The minimum atomic E-state index is 0.135. The van der Waals surface area contributed by atoms with Crippen LogP contribution in [-0.4, -0.2) is 36.6 Å². The van der Waals surface area contributed by atoms with Gasteiger partial charge in [0.05, 0.1) is 19.2 Å². The van der Waals surface area contributed by atoms with E-state index in [-0.39, 0.29) is 5.88 Å². The van der Waals surface area contributed by atoms with E-state index < -0.39 is 0 Å². The Morgan fingerprint density at radius 2 is 1.88 bits per heavy atom. The summed E-state index contributed by atoms with van der Waals surface area (Å²) in [6, 6.07) is 13.4. The summed E-state index contributed by atoms with van der Waals surface area (Å²) < 4.78 is 10.7. The van der Waals surface area contributed by atoms with Gasteiger partial charge in [0.15, 0.2) is 5.88 Å². The monoisotopic (exact) mass is 324 g/mol. The number of nitrogens with zero attached hydrogens (tertiary/aromatic N) is 1. The number of ether oxygens (including phenoxy) is 2. The molecule has 0 amide bonds. The third-order valence-corrected chi connectivity index (χ3v) is 3.74. The molecule has 5 heteroatoms. The third-order valence-electron chi connectivity index (χ3n) is 3.74. The summed E-state index contributed by atoms with van der Waals surface area (Å²) in [5, 5.41) is 11.0. The first-order valence-electron chi connectivity index (χ1n) is 7.75. The van der Waals surface area contributed by atoms with E-state index in [9.17, 15) is 5.11 Å². The highest BCUT2D eigenvalue weighted by molar-refractivity contribution is 6.02. The lowest BCUT2D eigenvalue weighted by Gasteiger charge is -2.05. The molecule has 124 valence electrons. The number of aromatic amines is 1. The number of benzene rings is 2. The number of aromatic hydroxyl groups is 1. The van der Waals surface area contributed by atoms with Gasteiger partial charge in [-0.15, -0.1) is 0 Å². The Kier molecular flexibility index (Phi) is 4.70. The van der Waals surface area contributed by atoms with Gasteiger partial charge in [-0.25, -0.2) is 0 Å². The van der Waals surface area contributed by atoms with Crippen molar-refractivity contribution in [2.75, 3.05) is 20.3 Å². The van der Waals surface area contributed by atoms with Crippen LogP contribution < -0.4 is 9.47 Å². The maximum Gasteiger partial charge on any atom is 0.198 e. The van der Waals surface area contributed by atoms with Gasteiger partial charge in [0.1, 0.15) is 18.1 Å². The molecule has 0 saturated heterocycles. The van der Waals surface area contributed by atoms with Crippen molar-refractivity contribution >= 4 is 17.1 Å². The number of nitrogens with one attached hydrogen (secondary N) is 1. The quantitative estimate of drug-likeness (QED) is 0.537.